The zero-order chi connectivity index (χ0) is 7.40. The molecular weight excluding hydrogens is 146 g/mol. The Labute approximate surface area is 63.9 Å². The van der Waals surface area contributed by atoms with Crippen LogP contribution in [0.15, 0.2) is 12.2 Å². The maximum absolute atomic E-state index is 11.2. The first-order valence-corrected chi connectivity index (χ1v) is 4.96. The third-order valence-corrected chi connectivity index (χ3v) is 3.32. The highest BCUT2D eigenvalue weighted by atomic mass is 32.2. The van der Waals surface area contributed by atoms with Crippen LogP contribution in [0.5, 0.6) is 0 Å². The lowest BCUT2D eigenvalue weighted by Gasteiger charge is -2.16. The van der Waals surface area contributed by atoms with Crippen LogP contribution in [0.4, 0.5) is 0 Å². The van der Waals surface area contributed by atoms with Gasteiger partial charge >= 0.3 is 0 Å². The molecule has 10 heavy (non-hydrogen) atoms. The molecule has 0 fully saturated rings. The molecule has 0 saturated carbocycles. The van der Waals surface area contributed by atoms with Crippen LogP contribution in [-0.4, -0.2) is 21.8 Å². The molecule has 0 aromatic rings. The van der Waals surface area contributed by atoms with E-state index in [1.165, 1.54) is 0 Å². The predicted molar refractivity (Wildman–Crippen MR) is 44.2 cm³/mol. The van der Waals surface area contributed by atoms with Gasteiger partial charge in [-0.1, -0.05) is 12.2 Å². The second-order valence-corrected chi connectivity index (χ2v) is 4.20. The molecule has 2 N–H and O–H groups in total. The number of hydrogen-bond donors (Lipinski definition) is 1. The smallest absolute Gasteiger partial charge is 0.0562 e. The van der Waals surface area contributed by atoms with E-state index in [0.717, 1.165) is 18.6 Å². The summed E-state index contributed by atoms with van der Waals surface area (Å²) >= 11 is 0. The van der Waals surface area contributed by atoms with Crippen LogP contribution >= 0.6 is 0 Å². The first-order chi connectivity index (χ1) is 4.84. The fourth-order valence-electron chi connectivity index (χ4n) is 0.819. The van der Waals surface area contributed by atoms with Gasteiger partial charge in [0.2, 0.25) is 0 Å². The fraction of sp³-hybridized carbons (Fsp3) is 0.714. The van der Waals surface area contributed by atoms with Crippen molar-refractivity contribution in [3.05, 3.63) is 12.2 Å². The van der Waals surface area contributed by atoms with Crippen LogP contribution in [0, 0.1) is 0 Å². The zero-order valence-electron chi connectivity index (χ0n) is 5.95. The Morgan fingerprint density at radius 3 is 2.80 bits per heavy atom. The minimum atomic E-state index is -0.645. The van der Waals surface area contributed by atoms with Crippen LogP contribution < -0.4 is 5.73 Å². The Morgan fingerprint density at radius 1 is 1.70 bits per heavy atom. The summed E-state index contributed by atoms with van der Waals surface area (Å²) in [6, 6.07) is 0. The van der Waals surface area contributed by atoms with Gasteiger partial charge in [0.1, 0.15) is 0 Å². The van der Waals surface area contributed by atoms with Crippen molar-refractivity contribution in [2.75, 3.05) is 12.3 Å². The van der Waals surface area contributed by atoms with Crippen LogP contribution in [0.3, 0.4) is 0 Å². The quantitative estimate of drug-likeness (QED) is 0.604. The van der Waals surface area contributed by atoms with Crippen molar-refractivity contribution in [2.45, 2.75) is 18.1 Å². The molecule has 0 aliphatic heterocycles. The molecule has 0 radical (unpaired) electrons. The van der Waals surface area contributed by atoms with Crippen molar-refractivity contribution in [1.82, 2.24) is 0 Å². The van der Waals surface area contributed by atoms with E-state index in [1.807, 2.05) is 6.08 Å². The molecule has 0 amide bonds. The lowest BCUT2D eigenvalue weighted by molar-refractivity contribution is 0.671. The maximum Gasteiger partial charge on any atom is 0.0562 e. The largest absolute Gasteiger partial charge is 0.330 e. The first-order valence-electron chi connectivity index (χ1n) is 3.58. The summed E-state index contributed by atoms with van der Waals surface area (Å²) in [5.74, 6) is 0.769. The van der Waals surface area contributed by atoms with E-state index in [0.29, 0.717) is 11.8 Å². The monoisotopic (exact) mass is 159 g/mol. The summed E-state index contributed by atoms with van der Waals surface area (Å²) in [7, 11) is -0.645. The van der Waals surface area contributed by atoms with E-state index >= 15 is 0 Å². The molecule has 2 atom stereocenters. The Balaban J connectivity index is 2.15. The van der Waals surface area contributed by atoms with Crippen LogP contribution in [-0.2, 0) is 10.8 Å². The second-order valence-electron chi connectivity index (χ2n) is 2.43. The molecule has 1 aliphatic rings. The van der Waals surface area contributed by atoms with Crippen LogP contribution in [0.25, 0.3) is 0 Å². The highest BCUT2D eigenvalue weighted by molar-refractivity contribution is 7.85. The zero-order valence-corrected chi connectivity index (χ0v) is 6.77. The molecule has 0 heterocycles. The van der Waals surface area contributed by atoms with Gasteiger partial charge in [-0.3, -0.25) is 4.21 Å². The Kier molecular flexibility index (Phi) is 3.09. The van der Waals surface area contributed by atoms with Crippen molar-refractivity contribution in [3.8, 4) is 0 Å². The van der Waals surface area contributed by atoms with Gasteiger partial charge < -0.3 is 5.73 Å². The summed E-state index contributed by atoms with van der Waals surface area (Å²) in [5.41, 5.74) is 5.28. The van der Waals surface area contributed by atoms with Gasteiger partial charge in [-0.05, 0) is 19.4 Å². The summed E-state index contributed by atoms with van der Waals surface area (Å²) in [5, 5.41) is 0.339. The fourth-order valence-corrected chi connectivity index (χ4v) is 2.19. The van der Waals surface area contributed by atoms with Crippen molar-refractivity contribution >= 4 is 10.8 Å². The van der Waals surface area contributed by atoms with Gasteiger partial charge in [-0.2, -0.15) is 0 Å². The Bertz CT molecular complexity index is 156. The third kappa shape index (κ3) is 1.92. The summed E-state index contributed by atoms with van der Waals surface area (Å²) < 4.78 is 11.2. The summed E-state index contributed by atoms with van der Waals surface area (Å²) in [6.45, 7) is 0.655. The van der Waals surface area contributed by atoms with Gasteiger partial charge in [0.15, 0.2) is 0 Å². The number of rotatable bonds is 4. The number of hydrogen-bond acceptors (Lipinski definition) is 2. The summed E-state index contributed by atoms with van der Waals surface area (Å²) in [4.78, 5) is 0. The van der Waals surface area contributed by atoms with Gasteiger partial charge in [0.05, 0.1) is 5.25 Å². The molecule has 0 bridgehead atoms. The van der Waals surface area contributed by atoms with Gasteiger partial charge in [0.25, 0.3) is 0 Å². The third-order valence-electron chi connectivity index (χ3n) is 1.61. The van der Waals surface area contributed by atoms with Crippen molar-refractivity contribution in [3.63, 3.8) is 0 Å². The molecule has 0 saturated heterocycles. The normalized spacial score (nSPS) is 25.9. The van der Waals surface area contributed by atoms with Gasteiger partial charge in [0, 0.05) is 16.6 Å². The maximum atomic E-state index is 11.2. The minimum absolute atomic E-state index is 0.339. The molecule has 58 valence electrons. The molecule has 3 heteroatoms. The molecule has 1 aliphatic carbocycles. The first kappa shape index (κ1) is 7.95. The molecule has 0 aromatic carbocycles. The minimum Gasteiger partial charge on any atom is -0.330 e. The predicted octanol–water partition coefficient (Wildman–Crippen LogP) is 0.412. The molecule has 1 rings (SSSR count). The average molecular weight is 159 g/mol. The topological polar surface area (TPSA) is 43.1 Å². The van der Waals surface area contributed by atoms with E-state index in [4.69, 9.17) is 5.73 Å². The second kappa shape index (κ2) is 3.88. The Hall–Kier alpha value is -0.150. The number of allylic oxidation sites excluding steroid dienone is 1. The molecular formula is C7H13NOS. The van der Waals surface area contributed by atoms with Crippen LogP contribution in [0.2, 0.25) is 0 Å². The van der Waals surface area contributed by atoms with Crippen LogP contribution in [0.1, 0.15) is 12.8 Å². The lowest BCUT2D eigenvalue weighted by Crippen LogP contribution is -2.20. The van der Waals surface area contributed by atoms with E-state index < -0.39 is 10.8 Å². The lowest BCUT2D eigenvalue weighted by atomic mass is 10.1. The average Bonchev–Trinajstić information content (AvgIpc) is 1.79. The van der Waals surface area contributed by atoms with Crippen molar-refractivity contribution in [1.29, 1.82) is 0 Å². The van der Waals surface area contributed by atoms with Gasteiger partial charge in [-0.15, -0.1) is 0 Å². The van der Waals surface area contributed by atoms with E-state index in [-0.39, 0.29) is 0 Å². The molecule has 2 nitrogen and oxygen atoms in total. The van der Waals surface area contributed by atoms with E-state index in [2.05, 4.69) is 6.08 Å². The molecule has 0 spiro atoms. The van der Waals surface area contributed by atoms with Crippen molar-refractivity contribution in [2.24, 2.45) is 5.73 Å². The number of nitrogens with two attached hydrogens (primary N) is 1. The summed E-state index contributed by atoms with van der Waals surface area (Å²) in [6.07, 6.45) is 5.96. The SMILES string of the molecule is NCCCS(=O)C1C=CC1. The van der Waals surface area contributed by atoms with E-state index in [9.17, 15) is 4.21 Å². The van der Waals surface area contributed by atoms with E-state index in [1.54, 1.807) is 0 Å². The van der Waals surface area contributed by atoms with Gasteiger partial charge in [-0.25, -0.2) is 0 Å². The standard InChI is InChI=1S/C7H13NOS/c8-5-2-6-10(9)7-3-1-4-7/h1,3,7H,2,4-6,8H2. The highest BCUT2D eigenvalue weighted by Crippen LogP contribution is 2.14. The Morgan fingerprint density at radius 2 is 2.40 bits per heavy atom. The highest BCUT2D eigenvalue weighted by Gasteiger charge is 2.16. The van der Waals surface area contributed by atoms with Crippen molar-refractivity contribution < 1.29 is 4.21 Å². The molecule has 0 aromatic heterocycles. The molecule has 2 unspecified atom stereocenters.